The molecule has 10 nitrogen and oxygen atoms in total. The van der Waals surface area contributed by atoms with Gasteiger partial charge in [0.2, 0.25) is 15.0 Å². The van der Waals surface area contributed by atoms with Crippen LogP contribution in [0.5, 0.6) is 11.5 Å². The summed E-state index contributed by atoms with van der Waals surface area (Å²) in [6, 6.07) is 12.4. The minimum absolute atomic E-state index is 0.0676. The van der Waals surface area contributed by atoms with Gasteiger partial charge in [-0.25, -0.2) is 13.2 Å². The number of halogens is 1. The van der Waals surface area contributed by atoms with Crippen molar-refractivity contribution in [3.63, 3.8) is 0 Å². The summed E-state index contributed by atoms with van der Waals surface area (Å²) in [6.07, 6.45) is 1.26. The molecule has 0 bridgehead atoms. The fraction of sp³-hybridized carbons (Fsp3) is 0.136. The van der Waals surface area contributed by atoms with Crippen LogP contribution in [0.4, 0.5) is 5.13 Å². The van der Waals surface area contributed by atoms with Crippen molar-refractivity contribution in [1.29, 1.82) is 5.26 Å². The van der Waals surface area contributed by atoms with Gasteiger partial charge >= 0.3 is 5.97 Å². The summed E-state index contributed by atoms with van der Waals surface area (Å²) >= 11 is 6.90. The molecule has 0 saturated heterocycles. The van der Waals surface area contributed by atoms with Crippen LogP contribution in [0, 0.1) is 11.3 Å². The Morgan fingerprint density at radius 3 is 2.54 bits per heavy atom. The number of nitrogens with one attached hydrogen (secondary N) is 1. The van der Waals surface area contributed by atoms with Crippen molar-refractivity contribution < 1.29 is 27.5 Å². The Hall–Kier alpha value is -3.79. The molecule has 3 aromatic rings. The average Bonchev–Trinajstić information content (AvgIpc) is 3.33. The van der Waals surface area contributed by atoms with Gasteiger partial charge in [0.15, 0.2) is 0 Å². The second kappa shape index (κ2) is 11.1. The first-order valence-corrected chi connectivity index (χ1v) is 12.6. The minimum atomic E-state index is -3.62. The number of anilines is 1. The van der Waals surface area contributed by atoms with Crippen molar-refractivity contribution in [2.75, 3.05) is 18.2 Å². The van der Waals surface area contributed by atoms with Gasteiger partial charge in [-0.1, -0.05) is 24.6 Å². The van der Waals surface area contributed by atoms with E-state index in [2.05, 4.69) is 14.7 Å². The minimum Gasteiger partial charge on any atom is -0.497 e. The van der Waals surface area contributed by atoms with Gasteiger partial charge in [-0.15, -0.1) is 0 Å². The highest BCUT2D eigenvalue weighted by Gasteiger charge is 2.20. The maximum Gasteiger partial charge on any atom is 0.343 e. The molecule has 0 aliphatic carbocycles. The molecular weight excluding hydrogens is 516 g/mol. The van der Waals surface area contributed by atoms with E-state index in [1.807, 2.05) is 0 Å². The molecule has 13 heteroatoms. The third kappa shape index (κ3) is 6.42. The molecular formula is C22H17ClN4O6S2. The van der Waals surface area contributed by atoms with Crippen LogP contribution in [0.15, 0.2) is 53.2 Å². The summed E-state index contributed by atoms with van der Waals surface area (Å²) < 4.78 is 37.7. The van der Waals surface area contributed by atoms with Gasteiger partial charge in [-0.05, 0) is 48.0 Å². The van der Waals surface area contributed by atoms with Gasteiger partial charge in [-0.2, -0.15) is 14.6 Å². The lowest BCUT2D eigenvalue weighted by Crippen LogP contribution is -2.13. The van der Waals surface area contributed by atoms with E-state index in [4.69, 9.17) is 21.1 Å². The Labute approximate surface area is 209 Å². The number of amides is 1. The number of esters is 1. The number of nitrogens with zero attached hydrogens (tertiary/aromatic N) is 3. The summed E-state index contributed by atoms with van der Waals surface area (Å²) in [5.41, 5.74) is 0.387. The quantitative estimate of drug-likeness (QED) is 0.198. The summed E-state index contributed by atoms with van der Waals surface area (Å²) in [7, 11) is -2.11. The number of carbonyl (C=O) groups is 2. The third-order valence-corrected chi connectivity index (χ3v) is 6.99. The smallest absolute Gasteiger partial charge is 0.343 e. The number of rotatable bonds is 8. The first-order chi connectivity index (χ1) is 16.7. The third-order valence-electron chi connectivity index (χ3n) is 4.45. The Balaban J connectivity index is 1.73. The van der Waals surface area contributed by atoms with Gasteiger partial charge < -0.3 is 9.47 Å². The molecule has 0 fully saturated rings. The molecule has 2 aromatic carbocycles. The van der Waals surface area contributed by atoms with Crippen LogP contribution in [0.25, 0.3) is 6.08 Å². The van der Waals surface area contributed by atoms with Crippen molar-refractivity contribution >= 4 is 56.1 Å². The van der Waals surface area contributed by atoms with Crippen LogP contribution in [-0.2, 0) is 14.6 Å². The number of methoxy groups -OCH3 is 1. The van der Waals surface area contributed by atoms with Gasteiger partial charge in [0.1, 0.15) is 23.1 Å². The first-order valence-electron chi connectivity index (χ1n) is 9.82. The maximum absolute atomic E-state index is 12.5. The van der Waals surface area contributed by atoms with Crippen molar-refractivity contribution in [3.05, 3.63) is 64.2 Å². The topological polar surface area (TPSA) is 148 Å². The van der Waals surface area contributed by atoms with Crippen LogP contribution >= 0.6 is 23.1 Å². The van der Waals surface area contributed by atoms with Crippen LogP contribution in [0.3, 0.4) is 0 Å². The molecule has 1 aromatic heterocycles. The fourth-order valence-corrected chi connectivity index (χ4v) is 4.38. The highest BCUT2D eigenvalue weighted by molar-refractivity contribution is 7.91. The Morgan fingerprint density at radius 2 is 1.94 bits per heavy atom. The van der Waals surface area contributed by atoms with Crippen molar-refractivity contribution in [1.82, 2.24) is 9.36 Å². The fourth-order valence-electron chi connectivity index (χ4n) is 2.57. The zero-order chi connectivity index (χ0) is 25.6. The van der Waals surface area contributed by atoms with Crippen LogP contribution < -0.4 is 14.8 Å². The van der Waals surface area contributed by atoms with Crippen LogP contribution in [-0.4, -0.2) is 42.5 Å². The molecule has 1 amide bonds. The molecule has 0 saturated carbocycles. The van der Waals surface area contributed by atoms with E-state index in [0.717, 1.165) is 0 Å². The predicted molar refractivity (Wildman–Crippen MR) is 129 cm³/mol. The number of nitriles is 1. The molecule has 1 heterocycles. The number of sulfone groups is 1. The molecule has 3 rings (SSSR count). The molecule has 0 radical (unpaired) electrons. The largest absolute Gasteiger partial charge is 0.497 e. The highest BCUT2D eigenvalue weighted by atomic mass is 35.5. The molecule has 0 aliphatic rings. The summed E-state index contributed by atoms with van der Waals surface area (Å²) in [5.74, 6) is -0.949. The van der Waals surface area contributed by atoms with E-state index >= 15 is 0 Å². The van der Waals surface area contributed by atoms with Gasteiger partial charge in [0.05, 0.1) is 23.4 Å². The van der Waals surface area contributed by atoms with E-state index in [9.17, 15) is 23.3 Å². The molecule has 35 heavy (non-hydrogen) atoms. The average molecular weight is 533 g/mol. The second-order valence-corrected chi connectivity index (χ2v) is 10.0. The lowest BCUT2D eigenvalue weighted by Gasteiger charge is -2.08. The van der Waals surface area contributed by atoms with Crippen LogP contribution in [0.2, 0.25) is 5.02 Å². The summed E-state index contributed by atoms with van der Waals surface area (Å²) in [6.45, 7) is 1.45. The normalized spacial score (nSPS) is 11.4. The Bertz CT molecular complexity index is 1440. The molecule has 1 N–H and O–H groups in total. The lowest BCUT2D eigenvalue weighted by molar-refractivity contribution is -0.112. The Kier molecular flexibility index (Phi) is 8.18. The van der Waals surface area contributed by atoms with Crippen molar-refractivity contribution in [2.45, 2.75) is 12.1 Å². The van der Waals surface area contributed by atoms with E-state index in [1.165, 1.54) is 38.3 Å². The number of ether oxygens (including phenoxy) is 2. The van der Waals surface area contributed by atoms with Crippen LogP contribution in [0.1, 0.15) is 22.8 Å². The van der Waals surface area contributed by atoms with Gasteiger partial charge in [0, 0.05) is 11.5 Å². The van der Waals surface area contributed by atoms with E-state index in [-0.39, 0.29) is 27.2 Å². The summed E-state index contributed by atoms with van der Waals surface area (Å²) in [4.78, 5) is 28.6. The molecule has 0 unspecified atom stereocenters. The van der Waals surface area contributed by atoms with E-state index in [0.29, 0.717) is 28.4 Å². The Morgan fingerprint density at radius 1 is 1.23 bits per heavy atom. The number of hydrogen-bond donors (Lipinski definition) is 1. The number of benzene rings is 2. The summed E-state index contributed by atoms with van der Waals surface area (Å²) in [5, 5.41) is 11.4. The molecule has 0 spiro atoms. The lowest BCUT2D eigenvalue weighted by atomic mass is 10.1. The standard InChI is InChI=1S/C22H17ClN4O6S2/c1-3-35(30,31)22-26-21(34-27-22)25-19(28)15(12-24)10-13-4-9-18(17(23)11-13)33-20(29)14-5-7-16(32-2)8-6-14/h4-11H,3H2,1-2H3,(H,25,26,27,28). The first kappa shape index (κ1) is 25.8. The monoisotopic (exact) mass is 532 g/mol. The highest BCUT2D eigenvalue weighted by Crippen LogP contribution is 2.28. The number of hydrogen-bond acceptors (Lipinski definition) is 10. The van der Waals surface area contributed by atoms with Crippen molar-refractivity contribution in [2.24, 2.45) is 0 Å². The SMILES string of the molecule is CCS(=O)(=O)c1nsc(NC(=O)C(C#N)=Cc2ccc(OC(=O)c3ccc(OC)cc3)c(Cl)c2)n1. The molecule has 0 aliphatic heterocycles. The van der Waals surface area contributed by atoms with Gasteiger partial charge in [-0.3, -0.25) is 10.1 Å². The maximum atomic E-state index is 12.5. The molecule has 180 valence electrons. The molecule has 0 atom stereocenters. The predicted octanol–water partition coefficient (Wildman–Crippen LogP) is 3.76. The zero-order valence-corrected chi connectivity index (χ0v) is 20.7. The second-order valence-electron chi connectivity index (χ2n) is 6.72. The van der Waals surface area contributed by atoms with Gasteiger partial charge in [0.25, 0.3) is 11.1 Å². The number of aromatic nitrogens is 2. The van der Waals surface area contributed by atoms with E-state index in [1.54, 1.807) is 30.3 Å². The van der Waals surface area contributed by atoms with Crippen molar-refractivity contribution in [3.8, 4) is 17.6 Å². The van der Waals surface area contributed by atoms with E-state index < -0.39 is 26.9 Å². The zero-order valence-electron chi connectivity index (χ0n) is 18.3. The number of carbonyl (C=O) groups excluding carboxylic acids is 2.